The summed E-state index contributed by atoms with van der Waals surface area (Å²) in [7, 11) is 0. The van der Waals surface area contributed by atoms with Crippen molar-refractivity contribution in [2.75, 3.05) is 19.6 Å². The van der Waals surface area contributed by atoms with E-state index in [4.69, 9.17) is 5.10 Å². The minimum Gasteiger partial charge on any atom is -0.349 e. The number of carbonyl (C=O) groups excluding carboxylic acids is 1. The average Bonchev–Trinajstić information content (AvgIpc) is 3.54. The normalized spacial score (nSPS) is 17.1. The van der Waals surface area contributed by atoms with Crippen molar-refractivity contribution in [3.63, 3.8) is 0 Å². The summed E-state index contributed by atoms with van der Waals surface area (Å²) in [5, 5.41) is 7.95. The van der Waals surface area contributed by atoms with Crippen molar-refractivity contribution in [1.29, 1.82) is 0 Å². The topological polar surface area (TPSA) is 50.2 Å². The molecule has 5 nitrogen and oxygen atoms in total. The highest BCUT2D eigenvalue weighted by atomic mass is 16.2. The fourth-order valence-corrected chi connectivity index (χ4v) is 4.86. The van der Waals surface area contributed by atoms with E-state index in [1.165, 1.54) is 24.1 Å². The Morgan fingerprint density at radius 2 is 1.63 bits per heavy atom. The molecule has 2 aliphatic rings. The average molecular weight is 401 g/mol. The first-order chi connectivity index (χ1) is 14.8. The smallest absolute Gasteiger partial charge is 0.272 e. The molecule has 5 heteroatoms. The van der Waals surface area contributed by atoms with Crippen LogP contribution in [0.1, 0.15) is 52.6 Å². The van der Waals surface area contributed by atoms with Gasteiger partial charge < -0.3 is 5.32 Å². The molecule has 5 rings (SSSR count). The monoisotopic (exact) mass is 400 g/mol. The van der Waals surface area contributed by atoms with Crippen LogP contribution in [0.3, 0.4) is 0 Å². The number of aromatic nitrogens is 2. The van der Waals surface area contributed by atoms with Crippen LogP contribution >= 0.6 is 0 Å². The fraction of sp³-hybridized carbons (Fsp3) is 0.360. The van der Waals surface area contributed by atoms with Crippen LogP contribution < -0.4 is 5.32 Å². The second kappa shape index (κ2) is 8.44. The van der Waals surface area contributed by atoms with Crippen LogP contribution in [0.25, 0.3) is 5.69 Å². The minimum absolute atomic E-state index is 0.0528. The summed E-state index contributed by atoms with van der Waals surface area (Å²) in [6.45, 7) is 2.79. The van der Waals surface area contributed by atoms with Gasteiger partial charge in [-0.2, -0.15) is 5.10 Å². The molecule has 1 aliphatic heterocycles. The van der Waals surface area contributed by atoms with Gasteiger partial charge in [0, 0.05) is 17.8 Å². The number of nitrogens with zero attached hydrogens (tertiary/aromatic N) is 3. The number of likely N-dealkylation sites (tertiary alicyclic amines) is 1. The van der Waals surface area contributed by atoms with Gasteiger partial charge in [-0.05, 0) is 62.9 Å². The second-order valence-corrected chi connectivity index (χ2v) is 8.25. The molecule has 1 saturated heterocycles. The van der Waals surface area contributed by atoms with Crippen molar-refractivity contribution in [2.24, 2.45) is 0 Å². The van der Waals surface area contributed by atoms with Gasteiger partial charge in [-0.3, -0.25) is 9.69 Å². The van der Waals surface area contributed by atoms with Crippen LogP contribution in [0.4, 0.5) is 0 Å². The Labute approximate surface area is 177 Å². The third kappa shape index (κ3) is 3.65. The zero-order chi connectivity index (χ0) is 20.3. The van der Waals surface area contributed by atoms with Crippen LogP contribution in [-0.4, -0.2) is 40.2 Å². The number of para-hydroxylation sites is 1. The summed E-state index contributed by atoms with van der Waals surface area (Å²) in [6.07, 6.45) is 5.45. The molecule has 2 heterocycles. The lowest BCUT2D eigenvalue weighted by molar-refractivity contribution is 0.0931. The van der Waals surface area contributed by atoms with Crippen LogP contribution in [-0.2, 0) is 12.8 Å². The first kappa shape index (κ1) is 19.1. The standard InChI is InChI=1S/C25H28N4O/c30-25(26-18-23(28-16-7-8-17-28)19-10-3-1-4-11-19)24-21-14-9-15-22(21)29(27-24)20-12-5-2-6-13-20/h1-6,10-13,23H,7-9,14-18H2,(H,26,30). The van der Waals surface area contributed by atoms with E-state index in [1.807, 2.05) is 41.1 Å². The molecule has 154 valence electrons. The summed E-state index contributed by atoms with van der Waals surface area (Å²) in [5.41, 5.74) is 5.19. The summed E-state index contributed by atoms with van der Waals surface area (Å²) in [5.74, 6) is -0.0528. The number of nitrogens with one attached hydrogen (secondary N) is 1. The molecular formula is C25H28N4O. The molecule has 0 saturated carbocycles. The molecule has 1 N–H and O–H groups in total. The Hall–Kier alpha value is -2.92. The van der Waals surface area contributed by atoms with Gasteiger partial charge in [0.25, 0.3) is 5.91 Å². The van der Waals surface area contributed by atoms with Gasteiger partial charge in [0.15, 0.2) is 5.69 Å². The molecule has 0 radical (unpaired) electrons. The van der Waals surface area contributed by atoms with Gasteiger partial charge in [-0.25, -0.2) is 4.68 Å². The van der Waals surface area contributed by atoms with E-state index in [0.717, 1.165) is 43.6 Å². The number of hydrogen-bond acceptors (Lipinski definition) is 3. The molecule has 1 amide bonds. The highest BCUT2D eigenvalue weighted by Gasteiger charge is 2.28. The molecule has 1 aliphatic carbocycles. The molecule has 1 aromatic heterocycles. The predicted molar refractivity (Wildman–Crippen MR) is 118 cm³/mol. The summed E-state index contributed by atoms with van der Waals surface area (Å²) < 4.78 is 1.96. The van der Waals surface area contributed by atoms with Gasteiger partial charge in [-0.15, -0.1) is 0 Å². The maximum absolute atomic E-state index is 13.2. The first-order valence-electron chi connectivity index (χ1n) is 11.0. The highest BCUT2D eigenvalue weighted by molar-refractivity contribution is 5.94. The molecule has 0 bridgehead atoms. The number of amides is 1. The number of carbonyl (C=O) groups is 1. The zero-order valence-electron chi connectivity index (χ0n) is 17.3. The maximum atomic E-state index is 13.2. The van der Waals surface area contributed by atoms with Crippen LogP contribution in [0.15, 0.2) is 60.7 Å². The number of rotatable bonds is 6. The van der Waals surface area contributed by atoms with Crippen molar-refractivity contribution in [2.45, 2.75) is 38.1 Å². The Morgan fingerprint density at radius 1 is 0.933 bits per heavy atom. The highest BCUT2D eigenvalue weighted by Crippen LogP contribution is 2.28. The molecule has 1 atom stereocenters. The number of fused-ring (bicyclic) bond motifs is 1. The van der Waals surface area contributed by atoms with Gasteiger partial charge in [0.05, 0.1) is 11.7 Å². The van der Waals surface area contributed by atoms with E-state index >= 15 is 0 Å². The fourth-order valence-electron chi connectivity index (χ4n) is 4.86. The molecule has 3 aromatic rings. The number of benzene rings is 2. The van der Waals surface area contributed by atoms with Crippen molar-refractivity contribution < 1.29 is 4.79 Å². The Balaban J connectivity index is 1.37. The largest absolute Gasteiger partial charge is 0.349 e. The molecule has 1 unspecified atom stereocenters. The van der Waals surface area contributed by atoms with Crippen LogP contribution in [0.5, 0.6) is 0 Å². The van der Waals surface area contributed by atoms with E-state index in [1.54, 1.807) is 0 Å². The molecule has 30 heavy (non-hydrogen) atoms. The van der Waals surface area contributed by atoms with E-state index in [-0.39, 0.29) is 11.9 Å². The second-order valence-electron chi connectivity index (χ2n) is 8.25. The van der Waals surface area contributed by atoms with Crippen LogP contribution in [0.2, 0.25) is 0 Å². The van der Waals surface area contributed by atoms with E-state index in [9.17, 15) is 4.79 Å². The minimum atomic E-state index is -0.0528. The van der Waals surface area contributed by atoms with Gasteiger partial charge in [0.1, 0.15) is 0 Å². The SMILES string of the molecule is O=C(NCC(c1ccccc1)N1CCCC1)c1nn(-c2ccccc2)c2c1CCC2. The lowest BCUT2D eigenvalue weighted by atomic mass is 10.1. The van der Waals surface area contributed by atoms with Crippen molar-refractivity contribution >= 4 is 5.91 Å². The quantitative estimate of drug-likeness (QED) is 0.682. The first-order valence-corrected chi connectivity index (χ1v) is 11.0. The third-order valence-corrected chi connectivity index (χ3v) is 6.37. The Morgan fingerprint density at radius 3 is 2.37 bits per heavy atom. The zero-order valence-corrected chi connectivity index (χ0v) is 17.3. The summed E-state index contributed by atoms with van der Waals surface area (Å²) in [6, 6.07) is 20.9. The van der Waals surface area contributed by atoms with Crippen LogP contribution in [0, 0.1) is 0 Å². The van der Waals surface area contributed by atoms with Crippen molar-refractivity contribution in [1.82, 2.24) is 20.0 Å². The molecule has 2 aromatic carbocycles. The molecular weight excluding hydrogens is 372 g/mol. The van der Waals surface area contributed by atoms with E-state index in [0.29, 0.717) is 12.2 Å². The molecule has 0 spiro atoms. The number of hydrogen-bond donors (Lipinski definition) is 1. The van der Waals surface area contributed by atoms with Crippen molar-refractivity contribution in [3.05, 3.63) is 83.2 Å². The Bertz CT molecular complexity index is 1010. The molecule has 1 fully saturated rings. The third-order valence-electron chi connectivity index (χ3n) is 6.37. The summed E-state index contributed by atoms with van der Waals surface area (Å²) >= 11 is 0. The van der Waals surface area contributed by atoms with Gasteiger partial charge in [0.2, 0.25) is 0 Å². The maximum Gasteiger partial charge on any atom is 0.272 e. The predicted octanol–water partition coefficient (Wildman–Crippen LogP) is 3.93. The lowest BCUT2D eigenvalue weighted by Gasteiger charge is -2.28. The lowest BCUT2D eigenvalue weighted by Crippen LogP contribution is -2.37. The van der Waals surface area contributed by atoms with Crippen molar-refractivity contribution in [3.8, 4) is 5.69 Å². The van der Waals surface area contributed by atoms with E-state index in [2.05, 4.69) is 34.5 Å². The Kier molecular flexibility index (Phi) is 5.37. The van der Waals surface area contributed by atoms with Gasteiger partial charge >= 0.3 is 0 Å². The van der Waals surface area contributed by atoms with Gasteiger partial charge in [-0.1, -0.05) is 48.5 Å². The van der Waals surface area contributed by atoms with E-state index < -0.39 is 0 Å². The summed E-state index contributed by atoms with van der Waals surface area (Å²) in [4.78, 5) is 15.7.